The van der Waals surface area contributed by atoms with E-state index >= 15 is 0 Å². The lowest BCUT2D eigenvalue weighted by molar-refractivity contribution is 0.0688. The van der Waals surface area contributed by atoms with Crippen LogP contribution in [0.3, 0.4) is 0 Å². The monoisotopic (exact) mass is 290 g/mol. The standard InChI is InChI=1S/C14H21F3N2O/c1-10(8-19(6-7-20)9-13(16)17)14(18)11-4-2-3-5-12(11)15/h2-5,10,13-14,20H,6-9,18H2,1H3. The topological polar surface area (TPSA) is 49.5 Å². The third-order valence-corrected chi connectivity index (χ3v) is 3.24. The fraction of sp³-hybridized carbons (Fsp3) is 0.571. The predicted molar refractivity (Wildman–Crippen MR) is 72.0 cm³/mol. The molecule has 0 heterocycles. The van der Waals surface area contributed by atoms with Gasteiger partial charge in [0.25, 0.3) is 6.43 Å². The molecule has 114 valence electrons. The van der Waals surface area contributed by atoms with Crippen molar-refractivity contribution in [2.24, 2.45) is 11.7 Å². The first kappa shape index (κ1) is 16.9. The molecule has 0 aliphatic carbocycles. The van der Waals surface area contributed by atoms with E-state index in [4.69, 9.17) is 10.8 Å². The summed E-state index contributed by atoms with van der Waals surface area (Å²) in [5, 5.41) is 8.88. The summed E-state index contributed by atoms with van der Waals surface area (Å²) in [6, 6.07) is 5.61. The quantitative estimate of drug-likeness (QED) is 0.770. The van der Waals surface area contributed by atoms with Gasteiger partial charge in [-0.25, -0.2) is 13.2 Å². The molecule has 3 N–H and O–H groups in total. The van der Waals surface area contributed by atoms with Gasteiger partial charge in [-0.1, -0.05) is 25.1 Å². The van der Waals surface area contributed by atoms with Gasteiger partial charge in [0, 0.05) is 24.7 Å². The highest BCUT2D eigenvalue weighted by Gasteiger charge is 2.22. The fourth-order valence-corrected chi connectivity index (χ4v) is 2.17. The first-order valence-electron chi connectivity index (χ1n) is 6.57. The van der Waals surface area contributed by atoms with E-state index in [9.17, 15) is 13.2 Å². The lowest BCUT2D eigenvalue weighted by Crippen LogP contribution is -2.38. The molecule has 2 atom stereocenters. The van der Waals surface area contributed by atoms with Crippen molar-refractivity contribution in [3.63, 3.8) is 0 Å². The Bertz CT molecular complexity index is 404. The van der Waals surface area contributed by atoms with Crippen molar-refractivity contribution < 1.29 is 18.3 Å². The van der Waals surface area contributed by atoms with Crippen LogP contribution in [-0.2, 0) is 0 Å². The molecular formula is C14H21F3N2O. The largest absolute Gasteiger partial charge is 0.395 e. The average Bonchev–Trinajstić information content (AvgIpc) is 2.38. The van der Waals surface area contributed by atoms with Crippen molar-refractivity contribution in [3.8, 4) is 0 Å². The van der Waals surface area contributed by atoms with Crippen molar-refractivity contribution in [2.45, 2.75) is 19.4 Å². The third kappa shape index (κ3) is 5.11. The van der Waals surface area contributed by atoms with E-state index < -0.39 is 24.8 Å². The second kappa shape index (κ2) is 8.24. The summed E-state index contributed by atoms with van der Waals surface area (Å²) >= 11 is 0. The summed E-state index contributed by atoms with van der Waals surface area (Å²) in [6.45, 7) is 1.59. The molecule has 1 aromatic rings. The molecule has 0 radical (unpaired) electrons. The van der Waals surface area contributed by atoms with Crippen LogP contribution < -0.4 is 5.73 Å². The highest BCUT2D eigenvalue weighted by molar-refractivity contribution is 5.21. The summed E-state index contributed by atoms with van der Waals surface area (Å²) in [6.07, 6.45) is -2.47. The van der Waals surface area contributed by atoms with Gasteiger partial charge in [-0.05, 0) is 12.0 Å². The summed E-state index contributed by atoms with van der Waals surface area (Å²) < 4.78 is 38.5. The lowest BCUT2D eigenvalue weighted by Gasteiger charge is -2.28. The lowest BCUT2D eigenvalue weighted by atomic mass is 9.94. The molecule has 0 spiro atoms. The van der Waals surface area contributed by atoms with E-state index in [1.165, 1.54) is 11.0 Å². The average molecular weight is 290 g/mol. The number of hydrogen-bond acceptors (Lipinski definition) is 3. The SMILES string of the molecule is CC(CN(CCO)CC(F)F)C(N)c1ccccc1F. The molecule has 3 nitrogen and oxygen atoms in total. The van der Waals surface area contributed by atoms with Gasteiger partial charge in [-0.15, -0.1) is 0 Å². The Morgan fingerprint density at radius 2 is 1.90 bits per heavy atom. The minimum absolute atomic E-state index is 0.151. The number of aliphatic hydroxyl groups is 1. The van der Waals surface area contributed by atoms with Crippen LogP contribution in [0, 0.1) is 11.7 Å². The van der Waals surface area contributed by atoms with Crippen molar-refractivity contribution >= 4 is 0 Å². The molecule has 1 rings (SSSR count). The summed E-state index contributed by atoms with van der Waals surface area (Å²) in [4.78, 5) is 1.44. The molecule has 0 aromatic heterocycles. The Hall–Kier alpha value is -1.11. The van der Waals surface area contributed by atoms with Gasteiger partial charge in [-0.2, -0.15) is 0 Å². The van der Waals surface area contributed by atoms with Gasteiger partial charge in [-0.3, -0.25) is 4.90 Å². The Morgan fingerprint density at radius 1 is 1.25 bits per heavy atom. The van der Waals surface area contributed by atoms with Gasteiger partial charge in [0.1, 0.15) is 5.82 Å². The normalized spacial score (nSPS) is 14.8. The maximum atomic E-state index is 13.6. The van der Waals surface area contributed by atoms with Crippen molar-refractivity contribution in [2.75, 3.05) is 26.2 Å². The maximum absolute atomic E-state index is 13.6. The number of benzene rings is 1. The fourth-order valence-electron chi connectivity index (χ4n) is 2.17. The van der Waals surface area contributed by atoms with E-state index in [0.717, 1.165) is 0 Å². The number of aliphatic hydroxyl groups excluding tert-OH is 1. The van der Waals surface area contributed by atoms with E-state index in [1.54, 1.807) is 25.1 Å². The molecule has 0 aliphatic heterocycles. The number of nitrogens with two attached hydrogens (primary N) is 1. The Balaban J connectivity index is 2.68. The zero-order valence-electron chi connectivity index (χ0n) is 11.5. The second-order valence-electron chi connectivity index (χ2n) is 4.90. The summed E-state index contributed by atoms with van der Waals surface area (Å²) in [7, 11) is 0. The van der Waals surface area contributed by atoms with Crippen LogP contribution in [-0.4, -0.2) is 42.7 Å². The minimum atomic E-state index is -2.47. The maximum Gasteiger partial charge on any atom is 0.251 e. The van der Waals surface area contributed by atoms with Gasteiger partial charge in [0.15, 0.2) is 0 Å². The molecule has 0 bridgehead atoms. The molecule has 20 heavy (non-hydrogen) atoms. The Morgan fingerprint density at radius 3 is 2.45 bits per heavy atom. The summed E-state index contributed by atoms with van der Waals surface area (Å²) in [5.41, 5.74) is 6.37. The molecule has 0 aliphatic rings. The van der Waals surface area contributed by atoms with Gasteiger partial charge in [0.05, 0.1) is 13.2 Å². The van der Waals surface area contributed by atoms with E-state index in [1.807, 2.05) is 0 Å². The smallest absolute Gasteiger partial charge is 0.251 e. The van der Waals surface area contributed by atoms with Crippen LogP contribution in [0.2, 0.25) is 0 Å². The molecule has 6 heteroatoms. The van der Waals surface area contributed by atoms with Crippen molar-refractivity contribution in [3.05, 3.63) is 35.6 Å². The van der Waals surface area contributed by atoms with E-state index in [2.05, 4.69) is 0 Å². The number of alkyl halides is 2. The van der Waals surface area contributed by atoms with Crippen LogP contribution in [0.15, 0.2) is 24.3 Å². The van der Waals surface area contributed by atoms with Crippen molar-refractivity contribution in [1.29, 1.82) is 0 Å². The highest BCUT2D eigenvalue weighted by Crippen LogP contribution is 2.22. The first-order chi connectivity index (χ1) is 9.45. The van der Waals surface area contributed by atoms with Gasteiger partial charge >= 0.3 is 0 Å². The molecule has 0 amide bonds. The molecular weight excluding hydrogens is 269 g/mol. The van der Waals surface area contributed by atoms with Crippen LogP contribution in [0.5, 0.6) is 0 Å². The highest BCUT2D eigenvalue weighted by atomic mass is 19.3. The Kier molecular flexibility index (Phi) is 6.98. The molecule has 0 saturated carbocycles. The van der Waals surface area contributed by atoms with E-state index in [-0.39, 0.29) is 25.6 Å². The van der Waals surface area contributed by atoms with Gasteiger partial charge < -0.3 is 10.8 Å². The van der Waals surface area contributed by atoms with Crippen molar-refractivity contribution in [1.82, 2.24) is 4.90 Å². The minimum Gasteiger partial charge on any atom is -0.395 e. The zero-order valence-corrected chi connectivity index (χ0v) is 11.5. The number of hydrogen-bond donors (Lipinski definition) is 2. The molecule has 2 unspecified atom stereocenters. The van der Waals surface area contributed by atoms with Crippen LogP contribution >= 0.6 is 0 Å². The second-order valence-corrected chi connectivity index (χ2v) is 4.90. The molecule has 0 saturated heterocycles. The Labute approximate surface area is 117 Å². The predicted octanol–water partition coefficient (Wildman–Crippen LogP) is 2.02. The van der Waals surface area contributed by atoms with Crippen LogP contribution in [0.4, 0.5) is 13.2 Å². The third-order valence-electron chi connectivity index (χ3n) is 3.24. The molecule has 0 fully saturated rings. The number of rotatable bonds is 8. The van der Waals surface area contributed by atoms with Gasteiger partial charge in [0.2, 0.25) is 0 Å². The first-order valence-corrected chi connectivity index (χ1v) is 6.57. The molecule has 1 aromatic carbocycles. The van der Waals surface area contributed by atoms with Crippen LogP contribution in [0.1, 0.15) is 18.5 Å². The zero-order chi connectivity index (χ0) is 15.1. The number of nitrogens with zero attached hydrogens (tertiary/aromatic N) is 1. The van der Waals surface area contributed by atoms with Crippen LogP contribution in [0.25, 0.3) is 0 Å². The number of halogens is 3. The van der Waals surface area contributed by atoms with E-state index in [0.29, 0.717) is 5.56 Å². The summed E-state index contributed by atoms with van der Waals surface area (Å²) in [5.74, 6) is -0.605.